The fourth-order valence-electron chi connectivity index (χ4n) is 5.52. The average Bonchev–Trinajstić information content (AvgIpc) is 3.43. The van der Waals surface area contributed by atoms with Crippen LogP contribution in [0.5, 0.6) is 0 Å². The second-order valence-corrected chi connectivity index (χ2v) is 12.3. The summed E-state index contributed by atoms with van der Waals surface area (Å²) >= 11 is 6.46. The van der Waals surface area contributed by atoms with Gasteiger partial charge in [-0.05, 0) is 55.7 Å². The number of quaternary nitrogens is 1. The van der Waals surface area contributed by atoms with E-state index in [-0.39, 0.29) is 39.4 Å². The summed E-state index contributed by atoms with van der Waals surface area (Å²) in [4.78, 5) is 11.6. The summed E-state index contributed by atoms with van der Waals surface area (Å²) < 4.78 is 30.8. The summed E-state index contributed by atoms with van der Waals surface area (Å²) in [5, 5.41) is 24.4. The van der Waals surface area contributed by atoms with Crippen LogP contribution in [0, 0.1) is 24.2 Å². The normalized spacial score (nSPS) is 22.6. The summed E-state index contributed by atoms with van der Waals surface area (Å²) in [6.07, 6.45) is 2.53. The van der Waals surface area contributed by atoms with Crippen molar-refractivity contribution in [3.8, 4) is 6.07 Å². The van der Waals surface area contributed by atoms with Gasteiger partial charge in [-0.1, -0.05) is 22.8 Å². The van der Waals surface area contributed by atoms with E-state index in [2.05, 4.69) is 6.07 Å². The minimum atomic E-state index is -3.36. The minimum Gasteiger partial charge on any atom is -0.478 e. The number of hydrogen-bond donors (Lipinski definition) is 1. The van der Waals surface area contributed by atoms with Crippen LogP contribution >= 0.6 is 11.6 Å². The van der Waals surface area contributed by atoms with Crippen LogP contribution in [0.4, 0.5) is 5.69 Å². The van der Waals surface area contributed by atoms with Gasteiger partial charge in [-0.15, -0.1) is 0 Å². The Balaban J connectivity index is 1.77. The van der Waals surface area contributed by atoms with Gasteiger partial charge in [-0.25, -0.2) is 13.2 Å². The van der Waals surface area contributed by atoms with E-state index in [1.807, 2.05) is 19.1 Å². The van der Waals surface area contributed by atoms with Crippen LogP contribution in [-0.2, 0) is 16.3 Å². The van der Waals surface area contributed by atoms with Crippen LogP contribution in [0.2, 0.25) is 5.02 Å². The lowest BCUT2D eigenvalue weighted by atomic mass is 9.77. The standard InChI is InChI=1S/C27H24ClN3O5S/c1-16-3-10-24(36-16)26-22-9-5-17-13-18(27(32)33)6-8-21(17)25(22)30-31(26,11-12-37(2,34)35)20-7-4-19(15-29)23(28)14-20/h3-4,6-8,10,13-14,22,26H,5,9,11-12H2,1-2H3/p+1. The quantitative estimate of drug-likeness (QED) is 0.446. The highest BCUT2D eigenvalue weighted by molar-refractivity contribution is 7.90. The third-order valence-corrected chi connectivity index (χ3v) is 8.44. The molecule has 0 radical (unpaired) electrons. The van der Waals surface area contributed by atoms with Crippen molar-refractivity contribution in [3.63, 3.8) is 0 Å². The van der Waals surface area contributed by atoms with E-state index in [9.17, 15) is 23.6 Å². The zero-order valence-corrected chi connectivity index (χ0v) is 21.9. The first-order valence-corrected chi connectivity index (χ1v) is 14.2. The van der Waals surface area contributed by atoms with Gasteiger partial charge < -0.3 is 9.52 Å². The molecule has 3 atom stereocenters. The summed E-state index contributed by atoms with van der Waals surface area (Å²) in [6, 6.07) is 15.6. The molecule has 2 aliphatic rings. The molecule has 37 heavy (non-hydrogen) atoms. The second-order valence-electron chi connectivity index (χ2n) is 9.66. The Labute approximate surface area is 219 Å². The number of rotatable bonds is 6. The van der Waals surface area contributed by atoms with Crippen molar-refractivity contribution < 1.29 is 22.7 Å². The second kappa shape index (κ2) is 9.14. The minimum absolute atomic E-state index is 0.0917. The Morgan fingerprint density at radius 1 is 1.24 bits per heavy atom. The van der Waals surface area contributed by atoms with Gasteiger partial charge in [0.2, 0.25) is 0 Å². The summed E-state index contributed by atoms with van der Waals surface area (Å²) in [5.41, 5.74) is 3.71. The van der Waals surface area contributed by atoms with Crippen LogP contribution in [-0.4, -0.2) is 43.8 Å². The number of benzene rings is 2. The summed E-state index contributed by atoms with van der Waals surface area (Å²) in [7, 11) is -3.36. The molecule has 0 fully saturated rings. The molecule has 1 N–H and O–H groups in total. The molecule has 3 aromatic rings. The van der Waals surface area contributed by atoms with Gasteiger partial charge in [-0.2, -0.15) is 9.85 Å². The Kier molecular flexibility index (Phi) is 6.23. The van der Waals surface area contributed by atoms with E-state index in [4.69, 9.17) is 21.1 Å². The molecule has 0 saturated heterocycles. The number of aromatic carboxylic acids is 1. The first-order chi connectivity index (χ1) is 17.5. The molecule has 0 amide bonds. The van der Waals surface area contributed by atoms with Gasteiger partial charge in [0.15, 0.2) is 27.3 Å². The zero-order valence-electron chi connectivity index (χ0n) is 20.3. The fraction of sp³-hybridized carbons (Fsp3) is 0.296. The molecule has 1 aliphatic carbocycles. The molecule has 2 aromatic carbocycles. The maximum absolute atomic E-state index is 12.4. The molecule has 1 aromatic heterocycles. The number of furan rings is 1. The van der Waals surface area contributed by atoms with Crippen molar-refractivity contribution in [2.75, 3.05) is 18.6 Å². The number of sulfone groups is 1. The molecule has 1 aliphatic heterocycles. The number of halogens is 1. The molecule has 0 spiro atoms. The van der Waals surface area contributed by atoms with Crippen molar-refractivity contribution in [2.45, 2.75) is 25.8 Å². The number of hydrogen-bond acceptors (Lipinski definition) is 6. The molecule has 8 nitrogen and oxygen atoms in total. The molecule has 190 valence electrons. The van der Waals surface area contributed by atoms with E-state index >= 15 is 0 Å². The number of nitriles is 1. The topological polar surface area (TPSA) is 121 Å². The third-order valence-electron chi connectivity index (χ3n) is 7.21. The largest absolute Gasteiger partial charge is 0.478 e. The summed E-state index contributed by atoms with van der Waals surface area (Å²) in [5.74, 6) is 0.177. The van der Waals surface area contributed by atoms with Gasteiger partial charge in [-0.3, -0.25) is 0 Å². The average molecular weight is 539 g/mol. The van der Waals surface area contributed by atoms with Gasteiger partial charge in [0.05, 0.1) is 22.1 Å². The first-order valence-electron chi connectivity index (χ1n) is 11.8. The first kappa shape index (κ1) is 25.2. The van der Waals surface area contributed by atoms with Crippen molar-refractivity contribution in [2.24, 2.45) is 11.0 Å². The van der Waals surface area contributed by atoms with E-state index < -0.39 is 15.8 Å². The molecule has 10 heteroatoms. The molecular formula is C27H25ClN3O5S+. The van der Waals surface area contributed by atoms with E-state index in [0.717, 1.165) is 22.6 Å². The van der Waals surface area contributed by atoms with Crippen molar-refractivity contribution in [1.29, 1.82) is 5.26 Å². The summed E-state index contributed by atoms with van der Waals surface area (Å²) in [6.45, 7) is 1.99. The van der Waals surface area contributed by atoms with Crippen LogP contribution < -0.4 is 4.59 Å². The Morgan fingerprint density at radius 3 is 2.65 bits per heavy atom. The molecule has 0 bridgehead atoms. The molecule has 5 rings (SSSR count). The van der Waals surface area contributed by atoms with Crippen LogP contribution in [0.3, 0.4) is 0 Å². The lowest BCUT2D eigenvalue weighted by Crippen LogP contribution is -2.49. The highest BCUT2D eigenvalue weighted by Crippen LogP contribution is 2.51. The number of carboxylic acid groups (broad SMARTS) is 1. The smallest absolute Gasteiger partial charge is 0.335 e. The van der Waals surface area contributed by atoms with Crippen LogP contribution in [0.25, 0.3) is 0 Å². The van der Waals surface area contributed by atoms with E-state index in [1.54, 1.807) is 36.4 Å². The number of aryl methyl sites for hydroxylation is 2. The number of nitrogens with zero attached hydrogens (tertiary/aromatic N) is 3. The Bertz CT molecular complexity index is 1600. The van der Waals surface area contributed by atoms with Crippen LogP contribution in [0.1, 0.15) is 51.0 Å². The van der Waals surface area contributed by atoms with Crippen molar-refractivity contribution in [3.05, 3.63) is 87.3 Å². The van der Waals surface area contributed by atoms with Gasteiger partial charge in [0.1, 0.15) is 29.8 Å². The van der Waals surface area contributed by atoms with E-state index in [0.29, 0.717) is 29.9 Å². The monoisotopic (exact) mass is 538 g/mol. The van der Waals surface area contributed by atoms with Gasteiger partial charge in [0.25, 0.3) is 0 Å². The van der Waals surface area contributed by atoms with Gasteiger partial charge in [0, 0.05) is 24.0 Å². The molecular weight excluding hydrogens is 514 g/mol. The zero-order chi connectivity index (χ0) is 26.5. The Morgan fingerprint density at radius 2 is 2.03 bits per heavy atom. The SMILES string of the molecule is Cc1ccc(C2C3CCc4cc(C(=O)O)ccc4C3=N[N+]2(CCS(C)(=O)=O)c2ccc(C#N)c(Cl)c2)o1. The lowest BCUT2D eigenvalue weighted by molar-refractivity contribution is 0.0696. The van der Waals surface area contributed by atoms with Crippen molar-refractivity contribution in [1.82, 2.24) is 4.59 Å². The number of carbonyl (C=O) groups is 1. The fourth-order valence-corrected chi connectivity index (χ4v) is 6.34. The highest BCUT2D eigenvalue weighted by atomic mass is 35.5. The molecule has 2 heterocycles. The lowest BCUT2D eigenvalue weighted by Gasteiger charge is -2.36. The maximum atomic E-state index is 12.4. The van der Waals surface area contributed by atoms with Crippen molar-refractivity contribution >= 4 is 38.8 Å². The molecule has 0 saturated carbocycles. The van der Waals surface area contributed by atoms with E-state index in [1.165, 1.54) is 6.26 Å². The Hall–Kier alpha value is -3.45. The highest BCUT2D eigenvalue weighted by Gasteiger charge is 2.56. The maximum Gasteiger partial charge on any atom is 0.335 e. The third kappa shape index (κ3) is 4.46. The molecule has 3 unspecified atom stereocenters. The van der Waals surface area contributed by atoms with Gasteiger partial charge >= 0.3 is 5.97 Å². The van der Waals surface area contributed by atoms with Crippen LogP contribution in [0.15, 0.2) is 58.0 Å². The predicted molar refractivity (Wildman–Crippen MR) is 140 cm³/mol. The number of fused-ring (bicyclic) bond motifs is 3. The number of carboxylic acids is 1. The predicted octanol–water partition coefficient (Wildman–Crippen LogP) is 4.88.